The van der Waals surface area contributed by atoms with Crippen LogP contribution in [0.25, 0.3) is 10.9 Å². The first-order chi connectivity index (χ1) is 9.20. The molecule has 4 nitrogen and oxygen atoms in total. The molecule has 100 valence electrons. The quantitative estimate of drug-likeness (QED) is 0.892. The van der Waals surface area contributed by atoms with Crippen LogP contribution in [0.1, 0.15) is 25.7 Å². The maximum atomic E-state index is 9.50. The van der Waals surface area contributed by atoms with E-state index in [-0.39, 0.29) is 6.10 Å². The number of nitrogens with one attached hydrogen (secondary N) is 1. The van der Waals surface area contributed by atoms with Crippen LogP contribution in [-0.2, 0) is 0 Å². The second kappa shape index (κ2) is 5.43. The van der Waals surface area contributed by atoms with Gasteiger partial charge in [0.25, 0.3) is 0 Å². The van der Waals surface area contributed by atoms with E-state index in [1.165, 1.54) is 0 Å². The molecule has 0 bridgehead atoms. The van der Waals surface area contributed by atoms with Crippen molar-refractivity contribution in [3.8, 4) is 0 Å². The van der Waals surface area contributed by atoms with Gasteiger partial charge in [-0.2, -0.15) is 0 Å². The first-order valence-electron chi connectivity index (χ1n) is 6.57. The topological polar surface area (TPSA) is 58.0 Å². The van der Waals surface area contributed by atoms with E-state index in [1.54, 1.807) is 0 Å². The van der Waals surface area contributed by atoms with Crippen LogP contribution in [0.5, 0.6) is 0 Å². The monoisotopic (exact) mass is 321 g/mol. The van der Waals surface area contributed by atoms with Gasteiger partial charge in [-0.1, -0.05) is 15.9 Å². The zero-order valence-electron chi connectivity index (χ0n) is 10.5. The van der Waals surface area contributed by atoms with Crippen LogP contribution in [0, 0.1) is 0 Å². The molecule has 19 heavy (non-hydrogen) atoms. The van der Waals surface area contributed by atoms with Crippen LogP contribution in [-0.4, -0.2) is 27.2 Å². The molecule has 2 aromatic rings. The highest BCUT2D eigenvalue weighted by Gasteiger charge is 2.19. The fourth-order valence-corrected chi connectivity index (χ4v) is 2.86. The summed E-state index contributed by atoms with van der Waals surface area (Å²) in [6.07, 6.45) is 5.38. The number of aromatic nitrogens is 2. The van der Waals surface area contributed by atoms with Gasteiger partial charge in [-0.15, -0.1) is 0 Å². The third kappa shape index (κ3) is 3.04. The smallest absolute Gasteiger partial charge is 0.223 e. The van der Waals surface area contributed by atoms with Crippen LogP contribution in [0.4, 0.5) is 5.95 Å². The van der Waals surface area contributed by atoms with E-state index in [4.69, 9.17) is 0 Å². The van der Waals surface area contributed by atoms with Gasteiger partial charge in [0.15, 0.2) is 0 Å². The van der Waals surface area contributed by atoms with Gasteiger partial charge in [0.2, 0.25) is 5.95 Å². The first kappa shape index (κ1) is 12.8. The number of hydrogen-bond acceptors (Lipinski definition) is 4. The van der Waals surface area contributed by atoms with E-state index in [0.29, 0.717) is 12.0 Å². The fourth-order valence-electron chi connectivity index (χ4n) is 2.48. The lowest BCUT2D eigenvalue weighted by Crippen LogP contribution is -2.28. The minimum absolute atomic E-state index is 0.132. The maximum Gasteiger partial charge on any atom is 0.223 e. The normalized spacial score (nSPS) is 23.5. The Labute approximate surface area is 120 Å². The second-order valence-corrected chi connectivity index (χ2v) is 5.96. The molecule has 0 amide bonds. The standard InChI is InChI=1S/C14H16BrN3O/c15-10-1-6-13-9(7-10)8-16-14(18-13)17-11-2-4-12(19)5-3-11/h1,6-8,11-12,19H,2-5H2,(H,16,17,18)/t11-,12-. The summed E-state index contributed by atoms with van der Waals surface area (Å²) in [7, 11) is 0. The first-order valence-corrected chi connectivity index (χ1v) is 7.37. The molecule has 1 aromatic carbocycles. The molecule has 1 heterocycles. The molecule has 3 rings (SSSR count). The van der Waals surface area contributed by atoms with Crippen molar-refractivity contribution in [3.05, 3.63) is 28.9 Å². The molecule has 1 aromatic heterocycles. The van der Waals surface area contributed by atoms with E-state index in [2.05, 4.69) is 31.2 Å². The molecule has 1 aliphatic rings. The molecule has 0 spiro atoms. The number of hydrogen-bond donors (Lipinski definition) is 2. The number of aliphatic hydroxyl groups is 1. The van der Waals surface area contributed by atoms with Crippen molar-refractivity contribution in [1.29, 1.82) is 0 Å². The summed E-state index contributed by atoms with van der Waals surface area (Å²) in [6.45, 7) is 0. The van der Waals surface area contributed by atoms with E-state index in [1.807, 2.05) is 24.4 Å². The lowest BCUT2D eigenvalue weighted by molar-refractivity contribution is 0.126. The van der Waals surface area contributed by atoms with Crippen LogP contribution in [0.2, 0.25) is 0 Å². The highest BCUT2D eigenvalue weighted by Crippen LogP contribution is 2.22. The van der Waals surface area contributed by atoms with E-state index < -0.39 is 0 Å². The van der Waals surface area contributed by atoms with E-state index in [0.717, 1.165) is 41.1 Å². The summed E-state index contributed by atoms with van der Waals surface area (Å²) in [5.74, 6) is 0.677. The van der Waals surface area contributed by atoms with Crippen molar-refractivity contribution < 1.29 is 5.11 Å². The van der Waals surface area contributed by atoms with Crippen molar-refractivity contribution in [1.82, 2.24) is 9.97 Å². The SMILES string of the molecule is O[C@H]1CC[C@H](Nc2ncc3cc(Br)ccc3n2)CC1. The molecule has 1 fully saturated rings. The number of benzene rings is 1. The zero-order chi connectivity index (χ0) is 13.2. The predicted octanol–water partition coefficient (Wildman–Crippen LogP) is 3.11. The number of aliphatic hydroxyl groups excluding tert-OH is 1. The lowest BCUT2D eigenvalue weighted by Gasteiger charge is -2.26. The second-order valence-electron chi connectivity index (χ2n) is 5.05. The average molecular weight is 322 g/mol. The summed E-state index contributed by atoms with van der Waals surface area (Å²) >= 11 is 3.44. The number of rotatable bonds is 2. The fraction of sp³-hybridized carbons (Fsp3) is 0.429. The van der Waals surface area contributed by atoms with Crippen LogP contribution in [0.15, 0.2) is 28.9 Å². The Morgan fingerprint density at radius 1 is 1.21 bits per heavy atom. The Balaban J connectivity index is 1.76. The Kier molecular flexibility index (Phi) is 3.66. The number of anilines is 1. The van der Waals surface area contributed by atoms with Crippen LogP contribution >= 0.6 is 15.9 Å². The third-order valence-electron chi connectivity index (χ3n) is 3.57. The van der Waals surface area contributed by atoms with E-state index >= 15 is 0 Å². The van der Waals surface area contributed by atoms with Crippen molar-refractivity contribution in [2.75, 3.05) is 5.32 Å². The van der Waals surface area contributed by atoms with Gasteiger partial charge in [0, 0.05) is 22.1 Å². The molecular weight excluding hydrogens is 306 g/mol. The molecule has 5 heteroatoms. The van der Waals surface area contributed by atoms with E-state index in [9.17, 15) is 5.11 Å². The van der Waals surface area contributed by atoms with Gasteiger partial charge < -0.3 is 10.4 Å². The molecular formula is C14H16BrN3O. The van der Waals surface area contributed by atoms with Gasteiger partial charge in [-0.3, -0.25) is 0 Å². The molecule has 1 saturated carbocycles. The minimum Gasteiger partial charge on any atom is -0.393 e. The van der Waals surface area contributed by atoms with Crippen LogP contribution < -0.4 is 5.32 Å². The Morgan fingerprint density at radius 2 is 2.00 bits per heavy atom. The zero-order valence-corrected chi connectivity index (χ0v) is 12.1. The Morgan fingerprint density at radius 3 is 2.79 bits per heavy atom. The molecule has 0 saturated heterocycles. The lowest BCUT2D eigenvalue weighted by atomic mass is 9.93. The largest absolute Gasteiger partial charge is 0.393 e. The van der Waals surface area contributed by atoms with Gasteiger partial charge in [-0.25, -0.2) is 9.97 Å². The van der Waals surface area contributed by atoms with Gasteiger partial charge in [-0.05, 0) is 43.9 Å². The number of halogens is 1. The molecule has 2 N–H and O–H groups in total. The Bertz CT molecular complexity index is 582. The Hall–Kier alpha value is -1.20. The van der Waals surface area contributed by atoms with Gasteiger partial charge in [0.05, 0.1) is 11.6 Å². The minimum atomic E-state index is -0.132. The molecule has 0 aliphatic heterocycles. The number of nitrogens with zero attached hydrogens (tertiary/aromatic N) is 2. The summed E-state index contributed by atoms with van der Waals surface area (Å²) in [5, 5.41) is 13.9. The summed E-state index contributed by atoms with van der Waals surface area (Å²) in [4.78, 5) is 8.88. The average Bonchev–Trinajstić information content (AvgIpc) is 2.42. The number of fused-ring (bicyclic) bond motifs is 1. The maximum absolute atomic E-state index is 9.50. The van der Waals surface area contributed by atoms with Gasteiger partial charge in [0.1, 0.15) is 0 Å². The van der Waals surface area contributed by atoms with Crippen LogP contribution in [0.3, 0.4) is 0 Å². The molecule has 1 aliphatic carbocycles. The third-order valence-corrected chi connectivity index (χ3v) is 4.07. The predicted molar refractivity (Wildman–Crippen MR) is 79.1 cm³/mol. The highest BCUT2D eigenvalue weighted by molar-refractivity contribution is 9.10. The molecule has 0 atom stereocenters. The van der Waals surface area contributed by atoms with Crippen molar-refractivity contribution in [3.63, 3.8) is 0 Å². The molecule has 0 unspecified atom stereocenters. The van der Waals surface area contributed by atoms with Crippen molar-refractivity contribution >= 4 is 32.8 Å². The summed E-state index contributed by atoms with van der Waals surface area (Å²) in [6, 6.07) is 6.35. The highest BCUT2D eigenvalue weighted by atomic mass is 79.9. The summed E-state index contributed by atoms with van der Waals surface area (Å²) in [5.41, 5.74) is 0.941. The van der Waals surface area contributed by atoms with Gasteiger partial charge >= 0.3 is 0 Å². The molecule has 0 radical (unpaired) electrons. The summed E-state index contributed by atoms with van der Waals surface area (Å²) < 4.78 is 1.03. The van der Waals surface area contributed by atoms with Crippen molar-refractivity contribution in [2.45, 2.75) is 37.8 Å². The van der Waals surface area contributed by atoms with Crippen molar-refractivity contribution in [2.24, 2.45) is 0 Å².